The first-order valence-corrected chi connectivity index (χ1v) is 9.56. The topological polar surface area (TPSA) is 68.2 Å². The molecule has 1 saturated heterocycles. The second-order valence-corrected chi connectivity index (χ2v) is 6.88. The fraction of sp³-hybridized carbons (Fsp3) is 0.444. The molecule has 3 heterocycles. The number of hydrogen-bond donors (Lipinski definition) is 0. The van der Waals surface area contributed by atoms with E-state index in [-0.39, 0.29) is 12.0 Å². The van der Waals surface area contributed by atoms with E-state index in [1.54, 1.807) is 12.3 Å². The van der Waals surface area contributed by atoms with Crippen molar-refractivity contribution >= 4 is 17.7 Å². The predicted molar refractivity (Wildman–Crippen MR) is 97.1 cm³/mol. The van der Waals surface area contributed by atoms with Crippen molar-refractivity contribution in [3.05, 3.63) is 41.5 Å². The van der Waals surface area contributed by atoms with Crippen LogP contribution in [0.1, 0.15) is 34.7 Å². The van der Waals surface area contributed by atoms with Crippen molar-refractivity contribution in [2.24, 2.45) is 0 Å². The fourth-order valence-electron chi connectivity index (χ4n) is 3.02. The first-order chi connectivity index (χ1) is 12.1. The van der Waals surface area contributed by atoms with E-state index >= 15 is 0 Å². The third-order valence-electron chi connectivity index (χ3n) is 4.09. The Kier molecular flexibility index (Phi) is 5.53. The maximum absolute atomic E-state index is 12.9. The Bertz CT molecular complexity index is 748. The molecule has 132 valence electrons. The minimum Gasteiger partial charge on any atom is -0.472 e. The molecule has 0 spiro atoms. The number of carbonyl (C=O) groups is 1. The minimum absolute atomic E-state index is 0.0146. The Balaban J connectivity index is 1.71. The van der Waals surface area contributed by atoms with Crippen LogP contribution in [0.4, 0.5) is 0 Å². The van der Waals surface area contributed by atoms with Crippen LogP contribution in [-0.2, 0) is 0 Å². The van der Waals surface area contributed by atoms with Crippen molar-refractivity contribution < 1.29 is 9.53 Å². The van der Waals surface area contributed by atoms with Crippen LogP contribution >= 0.6 is 11.8 Å². The highest BCUT2D eigenvalue weighted by Crippen LogP contribution is 2.22. The summed E-state index contributed by atoms with van der Waals surface area (Å²) < 4.78 is 6.02. The molecule has 2 aromatic rings. The molecule has 1 unspecified atom stereocenters. The Morgan fingerprint density at radius 3 is 2.96 bits per heavy atom. The Labute approximate surface area is 152 Å². The largest absolute Gasteiger partial charge is 0.472 e. The van der Waals surface area contributed by atoms with Gasteiger partial charge in [0.15, 0.2) is 0 Å². The zero-order chi connectivity index (χ0) is 17.8. The highest BCUT2D eigenvalue weighted by atomic mass is 32.2. The summed E-state index contributed by atoms with van der Waals surface area (Å²) in [7, 11) is 0. The zero-order valence-corrected chi connectivity index (χ0v) is 15.5. The second-order valence-electron chi connectivity index (χ2n) is 6.09. The van der Waals surface area contributed by atoms with Gasteiger partial charge in [-0.2, -0.15) is 4.98 Å². The number of amides is 1. The molecular weight excluding hydrogens is 336 g/mol. The van der Waals surface area contributed by atoms with Crippen LogP contribution in [0.15, 0.2) is 29.4 Å². The van der Waals surface area contributed by atoms with E-state index in [4.69, 9.17) is 4.74 Å². The summed E-state index contributed by atoms with van der Waals surface area (Å²) in [6.45, 7) is 5.07. The summed E-state index contributed by atoms with van der Waals surface area (Å²) in [4.78, 5) is 27.6. The van der Waals surface area contributed by atoms with Crippen LogP contribution in [0.25, 0.3) is 0 Å². The van der Waals surface area contributed by atoms with E-state index in [2.05, 4.69) is 15.0 Å². The molecule has 0 N–H and O–H groups in total. The molecule has 0 aliphatic carbocycles. The van der Waals surface area contributed by atoms with Gasteiger partial charge in [-0.05, 0) is 45.1 Å². The standard InChI is InChI=1S/C18H22N4O2S/c1-12-10-16(21-13(2)20-12)24-14-6-5-9-22(11-14)18(23)15-7-4-8-19-17(15)25-3/h4,7-8,10,14H,5-6,9,11H2,1-3H3. The van der Waals surface area contributed by atoms with Gasteiger partial charge in [0, 0.05) is 24.5 Å². The molecule has 0 saturated carbocycles. The van der Waals surface area contributed by atoms with Gasteiger partial charge in [-0.3, -0.25) is 4.79 Å². The van der Waals surface area contributed by atoms with Gasteiger partial charge >= 0.3 is 0 Å². The van der Waals surface area contributed by atoms with Gasteiger partial charge in [0.1, 0.15) is 17.0 Å². The van der Waals surface area contributed by atoms with Gasteiger partial charge in [0.05, 0.1) is 12.1 Å². The number of likely N-dealkylation sites (tertiary alicyclic amines) is 1. The van der Waals surface area contributed by atoms with Gasteiger partial charge in [-0.1, -0.05) is 0 Å². The maximum Gasteiger partial charge on any atom is 0.256 e. The summed E-state index contributed by atoms with van der Waals surface area (Å²) in [5, 5.41) is 0.762. The molecule has 1 fully saturated rings. The number of hydrogen-bond acceptors (Lipinski definition) is 6. The van der Waals surface area contributed by atoms with Gasteiger partial charge < -0.3 is 9.64 Å². The lowest BCUT2D eigenvalue weighted by molar-refractivity contribution is 0.0523. The third kappa shape index (κ3) is 4.28. The molecule has 7 heteroatoms. The second kappa shape index (κ2) is 7.82. The van der Waals surface area contributed by atoms with Crippen LogP contribution in [0.5, 0.6) is 5.88 Å². The Morgan fingerprint density at radius 1 is 1.36 bits per heavy atom. The van der Waals surface area contributed by atoms with Gasteiger partial charge in [0.2, 0.25) is 5.88 Å². The molecule has 1 aliphatic heterocycles. The summed E-state index contributed by atoms with van der Waals surface area (Å²) in [5.74, 6) is 1.29. The first kappa shape index (κ1) is 17.7. The number of aromatic nitrogens is 3. The van der Waals surface area contributed by atoms with Crippen LogP contribution in [0, 0.1) is 13.8 Å². The third-order valence-corrected chi connectivity index (χ3v) is 4.80. The summed E-state index contributed by atoms with van der Waals surface area (Å²) >= 11 is 1.49. The van der Waals surface area contributed by atoms with Crippen molar-refractivity contribution in [2.45, 2.75) is 37.8 Å². The normalized spacial score (nSPS) is 17.4. The van der Waals surface area contributed by atoms with E-state index in [1.165, 1.54) is 11.8 Å². The van der Waals surface area contributed by atoms with Gasteiger partial charge in [-0.15, -0.1) is 11.8 Å². The van der Waals surface area contributed by atoms with Crippen LogP contribution in [0.3, 0.4) is 0 Å². The van der Waals surface area contributed by atoms with Gasteiger partial charge in [-0.25, -0.2) is 9.97 Å². The zero-order valence-electron chi connectivity index (χ0n) is 14.7. The molecule has 2 aromatic heterocycles. The lowest BCUT2D eigenvalue weighted by atomic mass is 10.1. The lowest BCUT2D eigenvalue weighted by Crippen LogP contribution is -2.44. The van der Waals surface area contributed by atoms with E-state index in [0.717, 1.165) is 30.1 Å². The first-order valence-electron chi connectivity index (χ1n) is 8.34. The molecular formula is C18H22N4O2S. The number of piperidine rings is 1. The number of aryl methyl sites for hydroxylation is 2. The monoisotopic (exact) mass is 358 g/mol. The maximum atomic E-state index is 12.9. The molecule has 1 aliphatic rings. The molecule has 0 bridgehead atoms. The number of thioether (sulfide) groups is 1. The smallest absolute Gasteiger partial charge is 0.256 e. The van der Waals surface area contributed by atoms with Crippen molar-refractivity contribution in [1.29, 1.82) is 0 Å². The number of rotatable bonds is 4. The van der Waals surface area contributed by atoms with Crippen molar-refractivity contribution in [3.8, 4) is 5.88 Å². The quantitative estimate of drug-likeness (QED) is 0.783. The number of nitrogens with zero attached hydrogens (tertiary/aromatic N) is 4. The molecule has 0 aromatic carbocycles. The van der Waals surface area contributed by atoms with E-state index in [9.17, 15) is 4.79 Å². The van der Waals surface area contributed by atoms with Crippen LogP contribution in [-0.4, -0.2) is 51.2 Å². The molecule has 25 heavy (non-hydrogen) atoms. The molecule has 1 atom stereocenters. The molecule has 6 nitrogen and oxygen atoms in total. The van der Waals surface area contributed by atoms with E-state index in [0.29, 0.717) is 23.8 Å². The number of ether oxygens (including phenoxy) is 1. The van der Waals surface area contributed by atoms with Crippen LogP contribution < -0.4 is 4.74 Å². The molecule has 1 amide bonds. The predicted octanol–water partition coefficient (Wildman–Crippen LogP) is 2.89. The van der Waals surface area contributed by atoms with Gasteiger partial charge in [0.25, 0.3) is 5.91 Å². The highest BCUT2D eigenvalue weighted by Gasteiger charge is 2.27. The Hall–Kier alpha value is -2.15. The summed E-state index contributed by atoms with van der Waals surface area (Å²) in [5.41, 5.74) is 1.54. The lowest BCUT2D eigenvalue weighted by Gasteiger charge is -2.33. The van der Waals surface area contributed by atoms with Crippen molar-refractivity contribution in [2.75, 3.05) is 19.3 Å². The minimum atomic E-state index is -0.0548. The SMILES string of the molecule is CSc1ncccc1C(=O)N1CCCC(Oc2cc(C)nc(C)n2)C1. The number of pyridine rings is 1. The average molecular weight is 358 g/mol. The Morgan fingerprint density at radius 2 is 2.20 bits per heavy atom. The molecule has 0 radical (unpaired) electrons. The fourth-order valence-corrected chi connectivity index (χ4v) is 3.56. The van der Waals surface area contributed by atoms with Crippen molar-refractivity contribution in [1.82, 2.24) is 19.9 Å². The summed E-state index contributed by atoms with van der Waals surface area (Å²) in [6, 6.07) is 5.47. The highest BCUT2D eigenvalue weighted by molar-refractivity contribution is 7.98. The number of carbonyl (C=O) groups excluding carboxylic acids is 1. The molecule has 3 rings (SSSR count). The van der Waals surface area contributed by atoms with E-state index in [1.807, 2.05) is 37.1 Å². The van der Waals surface area contributed by atoms with Crippen molar-refractivity contribution in [3.63, 3.8) is 0 Å². The summed E-state index contributed by atoms with van der Waals surface area (Å²) in [6.07, 6.45) is 5.41. The van der Waals surface area contributed by atoms with E-state index < -0.39 is 0 Å². The van der Waals surface area contributed by atoms with Crippen LogP contribution in [0.2, 0.25) is 0 Å². The average Bonchev–Trinajstić information content (AvgIpc) is 2.60.